The lowest BCUT2D eigenvalue weighted by Crippen LogP contribution is -2.31. The van der Waals surface area contributed by atoms with Crippen LogP contribution in [0.2, 0.25) is 0 Å². The van der Waals surface area contributed by atoms with Crippen LogP contribution in [-0.2, 0) is 4.79 Å². The van der Waals surface area contributed by atoms with Gasteiger partial charge in [0.25, 0.3) is 5.91 Å². The van der Waals surface area contributed by atoms with Crippen molar-refractivity contribution in [1.29, 1.82) is 0 Å². The van der Waals surface area contributed by atoms with Crippen LogP contribution < -0.4 is 10.6 Å². The van der Waals surface area contributed by atoms with Crippen molar-refractivity contribution in [1.82, 2.24) is 10.2 Å². The van der Waals surface area contributed by atoms with E-state index in [2.05, 4.69) is 41.8 Å². The van der Waals surface area contributed by atoms with E-state index in [0.29, 0.717) is 24.3 Å². The lowest BCUT2D eigenvalue weighted by atomic mass is 10.00. The van der Waals surface area contributed by atoms with Gasteiger partial charge in [0.1, 0.15) is 0 Å². The zero-order valence-corrected chi connectivity index (χ0v) is 17.8. The Morgan fingerprint density at radius 2 is 1.63 bits per heavy atom. The fourth-order valence-corrected chi connectivity index (χ4v) is 3.61. The van der Waals surface area contributed by atoms with Crippen LogP contribution in [0, 0.1) is 0 Å². The summed E-state index contributed by atoms with van der Waals surface area (Å²) in [5.41, 5.74) is 2.36. The van der Waals surface area contributed by atoms with Crippen molar-refractivity contribution in [2.75, 3.05) is 25.0 Å². The average Bonchev–Trinajstić information content (AvgIpc) is 2.78. The van der Waals surface area contributed by atoms with Gasteiger partial charge in [0.05, 0.1) is 6.54 Å². The van der Waals surface area contributed by atoms with Crippen molar-refractivity contribution >= 4 is 28.3 Å². The highest BCUT2D eigenvalue weighted by Crippen LogP contribution is 2.24. The number of nitrogens with one attached hydrogen (secondary N) is 2. The zero-order valence-electron chi connectivity index (χ0n) is 17.8. The highest BCUT2D eigenvalue weighted by atomic mass is 16.2. The molecule has 0 radical (unpaired) electrons. The van der Waals surface area contributed by atoms with Gasteiger partial charge in [0, 0.05) is 30.4 Å². The van der Waals surface area contributed by atoms with E-state index in [1.165, 1.54) is 10.8 Å². The average molecular weight is 404 g/mol. The Bertz CT molecular complexity index is 1020. The Morgan fingerprint density at radius 3 is 2.40 bits per heavy atom. The molecule has 0 heterocycles. The molecule has 0 aliphatic rings. The minimum absolute atomic E-state index is 0.0254. The van der Waals surface area contributed by atoms with Gasteiger partial charge in [-0.1, -0.05) is 48.5 Å². The minimum atomic E-state index is -0.144. The normalized spacial score (nSPS) is 11.8. The van der Waals surface area contributed by atoms with E-state index in [4.69, 9.17) is 0 Å². The van der Waals surface area contributed by atoms with Crippen LogP contribution in [0.5, 0.6) is 0 Å². The number of carbonyl (C=O) groups is 2. The lowest BCUT2D eigenvalue weighted by Gasteiger charge is -2.19. The van der Waals surface area contributed by atoms with E-state index in [1.807, 2.05) is 32.0 Å². The van der Waals surface area contributed by atoms with E-state index < -0.39 is 0 Å². The highest BCUT2D eigenvalue weighted by molar-refractivity contribution is 5.97. The summed E-state index contributed by atoms with van der Waals surface area (Å²) in [6, 6.07) is 21.6. The second-order valence-electron chi connectivity index (χ2n) is 7.28. The first-order chi connectivity index (χ1) is 14.5. The van der Waals surface area contributed by atoms with Gasteiger partial charge in [-0.2, -0.15) is 0 Å². The molecule has 156 valence electrons. The molecule has 0 aliphatic heterocycles. The van der Waals surface area contributed by atoms with E-state index >= 15 is 0 Å². The molecule has 0 spiro atoms. The molecule has 5 nitrogen and oxygen atoms in total. The van der Waals surface area contributed by atoms with Gasteiger partial charge in [-0.25, -0.2) is 0 Å². The van der Waals surface area contributed by atoms with Crippen LogP contribution in [0.1, 0.15) is 42.7 Å². The number of anilines is 1. The third kappa shape index (κ3) is 5.05. The number of rotatable bonds is 8. The molecule has 0 aromatic heterocycles. The number of hydrogen-bond acceptors (Lipinski definition) is 3. The Kier molecular flexibility index (Phi) is 7.20. The summed E-state index contributed by atoms with van der Waals surface area (Å²) in [5, 5.41) is 8.55. The SMILES string of the molecule is CCN(CC)C(=O)c1cccc(NC(=O)CNC(C)c2cccc3ccccc23)c1. The third-order valence-corrected chi connectivity index (χ3v) is 5.30. The molecule has 1 unspecified atom stereocenters. The quantitative estimate of drug-likeness (QED) is 0.577. The Balaban J connectivity index is 1.62. The smallest absolute Gasteiger partial charge is 0.253 e. The van der Waals surface area contributed by atoms with Crippen molar-refractivity contribution < 1.29 is 9.59 Å². The van der Waals surface area contributed by atoms with Crippen LogP contribution in [0.4, 0.5) is 5.69 Å². The van der Waals surface area contributed by atoms with E-state index in [-0.39, 0.29) is 24.4 Å². The Labute approximate surface area is 178 Å². The predicted octanol–water partition coefficient (Wildman–Crippen LogP) is 4.61. The largest absolute Gasteiger partial charge is 0.339 e. The fourth-order valence-electron chi connectivity index (χ4n) is 3.61. The van der Waals surface area contributed by atoms with Crippen LogP contribution in [0.25, 0.3) is 10.8 Å². The van der Waals surface area contributed by atoms with Gasteiger partial charge in [0.15, 0.2) is 0 Å². The first-order valence-corrected chi connectivity index (χ1v) is 10.4. The number of benzene rings is 3. The molecule has 3 aromatic carbocycles. The van der Waals surface area contributed by atoms with Crippen LogP contribution in [0.3, 0.4) is 0 Å². The zero-order chi connectivity index (χ0) is 21.5. The summed E-state index contributed by atoms with van der Waals surface area (Å²) in [7, 11) is 0. The van der Waals surface area contributed by atoms with Crippen LogP contribution in [-0.4, -0.2) is 36.3 Å². The van der Waals surface area contributed by atoms with Crippen LogP contribution in [0.15, 0.2) is 66.7 Å². The maximum absolute atomic E-state index is 12.5. The van der Waals surface area contributed by atoms with E-state index in [0.717, 1.165) is 5.56 Å². The monoisotopic (exact) mass is 403 g/mol. The summed E-state index contributed by atoms with van der Waals surface area (Å²) in [4.78, 5) is 26.8. The first-order valence-electron chi connectivity index (χ1n) is 10.4. The predicted molar refractivity (Wildman–Crippen MR) is 123 cm³/mol. The molecular weight excluding hydrogens is 374 g/mol. The summed E-state index contributed by atoms with van der Waals surface area (Å²) >= 11 is 0. The number of carbonyl (C=O) groups excluding carboxylic acids is 2. The molecule has 0 bridgehead atoms. The van der Waals surface area contributed by atoms with Gasteiger partial charge in [-0.3, -0.25) is 9.59 Å². The molecule has 0 aliphatic carbocycles. The second-order valence-corrected chi connectivity index (χ2v) is 7.28. The Morgan fingerprint density at radius 1 is 0.933 bits per heavy atom. The Hall–Kier alpha value is -3.18. The van der Waals surface area contributed by atoms with Crippen LogP contribution >= 0.6 is 0 Å². The number of nitrogens with zero attached hydrogens (tertiary/aromatic N) is 1. The third-order valence-electron chi connectivity index (χ3n) is 5.30. The molecule has 0 saturated carbocycles. The van der Waals surface area contributed by atoms with Crippen molar-refractivity contribution in [2.24, 2.45) is 0 Å². The second kappa shape index (κ2) is 10.0. The summed E-state index contributed by atoms with van der Waals surface area (Å²) in [5.74, 6) is -0.173. The minimum Gasteiger partial charge on any atom is -0.339 e. The molecule has 0 saturated heterocycles. The van der Waals surface area contributed by atoms with Crippen molar-refractivity contribution in [3.05, 3.63) is 77.9 Å². The molecule has 2 N–H and O–H groups in total. The van der Waals surface area contributed by atoms with Gasteiger partial charge >= 0.3 is 0 Å². The van der Waals surface area contributed by atoms with E-state index in [9.17, 15) is 9.59 Å². The summed E-state index contributed by atoms with van der Waals surface area (Å²) < 4.78 is 0. The molecule has 1 atom stereocenters. The number of fused-ring (bicyclic) bond motifs is 1. The van der Waals surface area contributed by atoms with Crippen molar-refractivity contribution in [3.8, 4) is 0 Å². The molecule has 3 aromatic rings. The highest BCUT2D eigenvalue weighted by Gasteiger charge is 2.14. The maximum atomic E-state index is 12.5. The molecule has 2 amide bonds. The van der Waals surface area contributed by atoms with Gasteiger partial charge in [0.2, 0.25) is 5.91 Å². The summed E-state index contributed by atoms with van der Waals surface area (Å²) in [6.07, 6.45) is 0. The topological polar surface area (TPSA) is 61.4 Å². The first kappa shape index (κ1) is 21.5. The standard InChI is InChI=1S/C25H29N3O2/c1-4-28(5-2)25(30)20-12-8-13-21(16-20)27-24(29)17-26-18(3)22-15-9-11-19-10-6-7-14-23(19)22/h6-16,18,26H,4-5,17H2,1-3H3,(H,27,29). The summed E-state index contributed by atoms with van der Waals surface area (Å²) in [6.45, 7) is 7.45. The van der Waals surface area contributed by atoms with Gasteiger partial charge in [-0.15, -0.1) is 0 Å². The molecule has 30 heavy (non-hydrogen) atoms. The molecule has 0 fully saturated rings. The number of hydrogen-bond donors (Lipinski definition) is 2. The fraction of sp³-hybridized carbons (Fsp3) is 0.280. The van der Waals surface area contributed by atoms with E-state index in [1.54, 1.807) is 29.2 Å². The molecule has 5 heteroatoms. The number of amides is 2. The van der Waals surface area contributed by atoms with Crippen molar-refractivity contribution in [3.63, 3.8) is 0 Å². The molecule has 3 rings (SSSR count). The van der Waals surface area contributed by atoms with Gasteiger partial charge in [-0.05, 0) is 55.3 Å². The molecular formula is C25H29N3O2. The van der Waals surface area contributed by atoms with Crippen molar-refractivity contribution in [2.45, 2.75) is 26.8 Å². The maximum Gasteiger partial charge on any atom is 0.253 e. The van der Waals surface area contributed by atoms with Gasteiger partial charge < -0.3 is 15.5 Å². The lowest BCUT2D eigenvalue weighted by molar-refractivity contribution is -0.115.